The second-order valence-corrected chi connectivity index (χ2v) is 9.73. The van der Waals surface area contributed by atoms with E-state index in [4.69, 9.17) is 16.2 Å². The maximum atomic E-state index is 14.2. The largest absolute Gasteiger partial charge is 0.497 e. The standard InChI is InChI=1S/C27H31N5O4S/c1-3-16-8-4-7-11-20(16)32(27(35)24-21(28)22(25(29)33)31-37-24)23(17-12-14-19(36-2)15-13-17)26(34)30-18-9-5-6-10-18/h4,7-8,11-15,18,23H,3,5-6,9-10,28H2,1-2H3,(H2,29,33)(H,30,34)/t23-/m0/s1. The molecule has 0 bridgehead atoms. The Morgan fingerprint density at radius 1 is 1.14 bits per heavy atom. The van der Waals surface area contributed by atoms with Gasteiger partial charge in [-0.25, -0.2) is 0 Å². The number of ether oxygens (including phenoxy) is 1. The Kier molecular flexibility index (Phi) is 8.08. The van der Waals surface area contributed by atoms with Crippen LogP contribution in [-0.4, -0.2) is 35.2 Å². The first kappa shape index (κ1) is 26.2. The lowest BCUT2D eigenvalue weighted by Gasteiger charge is -2.33. The molecule has 3 amide bonds. The molecule has 1 fully saturated rings. The van der Waals surface area contributed by atoms with Crippen molar-refractivity contribution in [2.75, 3.05) is 17.7 Å². The van der Waals surface area contributed by atoms with E-state index >= 15 is 0 Å². The van der Waals surface area contributed by atoms with E-state index < -0.39 is 17.9 Å². The maximum Gasteiger partial charge on any atom is 0.273 e. The first-order valence-electron chi connectivity index (χ1n) is 12.3. The van der Waals surface area contributed by atoms with E-state index in [2.05, 4.69) is 9.69 Å². The van der Waals surface area contributed by atoms with Gasteiger partial charge < -0.3 is 21.5 Å². The lowest BCUT2D eigenvalue weighted by atomic mass is 9.99. The highest BCUT2D eigenvalue weighted by Gasteiger charge is 2.37. The molecule has 9 nitrogen and oxygen atoms in total. The molecule has 10 heteroatoms. The summed E-state index contributed by atoms with van der Waals surface area (Å²) in [7, 11) is 1.56. The van der Waals surface area contributed by atoms with Gasteiger partial charge in [-0.05, 0) is 60.1 Å². The van der Waals surface area contributed by atoms with E-state index in [1.54, 1.807) is 31.4 Å². The van der Waals surface area contributed by atoms with Crippen molar-refractivity contribution in [3.8, 4) is 5.75 Å². The molecule has 5 N–H and O–H groups in total. The number of rotatable bonds is 9. The third kappa shape index (κ3) is 5.43. The van der Waals surface area contributed by atoms with Crippen LogP contribution in [0.1, 0.15) is 69.9 Å². The number of hydrogen-bond donors (Lipinski definition) is 3. The number of nitrogens with one attached hydrogen (secondary N) is 1. The average molecular weight is 522 g/mol. The number of methoxy groups -OCH3 is 1. The summed E-state index contributed by atoms with van der Waals surface area (Å²) in [6, 6.07) is 13.5. The fourth-order valence-electron chi connectivity index (χ4n) is 4.70. The zero-order valence-corrected chi connectivity index (χ0v) is 21.7. The second kappa shape index (κ2) is 11.4. The molecule has 1 saturated carbocycles. The Hall–Kier alpha value is -3.92. The third-order valence-corrected chi connectivity index (χ3v) is 7.50. The Balaban J connectivity index is 1.88. The minimum Gasteiger partial charge on any atom is -0.497 e. The van der Waals surface area contributed by atoms with Gasteiger partial charge in [0.15, 0.2) is 5.69 Å². The molecule has 194 valence electrons. The normalized spacial score (nSPS) is 14.2. The Labute approximate surface area is 220 Å². The van der Waals surface area contributed by atoms with Gasteiger partial charge in [0.2, 0.25) is 5.91 Å². The van der Waals surface area contributed by atoms with Gasteiger partial charge >= 0.3 is 0 Å². The van der Waals surface area contributed by atoms with Gasteiger partial charge in [0.05, 0.1) is 12.8 Å². The summed E-state index contributed by atoms with van der Waals surface area (Å²) in [6.45, 7) is 1.98. The van der Waals surface area contributed by atoms with Crippen LogP contribution in [0.25, 0.3) is 0 Å². The topological polar surface area (TPSA) is 141 Å². The van der Waals surface area contributed by atoms with E-state index in [0.717, 1.165) is 42.8 Å². The molecule has 1 aromatic heterocycles. The summed E-state index contributed by atoms with van der Waals surface area (Å²) in [5.74, 6) is -1.03. The van der Waals surface area contributed by atoms with E-state index in [1.807, 2.05) is 31.2 Å². The van der Waals surface area contributed by atoms with Crippen molar-refractivity contribution in [3.05, 3.63) is 70.2 Å². The predicted molar refractivity (Wildman–Crippen MR) is 144 cm³/mol. The minimum atomic E-state index is -1.01. The number of hydrogen-bond acceptors (Lipinski definition) is 7. The number of primary amides is 1. The van der Waals surface area contributed by atoms with E-state index in [1.165, 1.54) is 4.90 Å². The number of aromatic nitrogens is 1. The van der Waals surface area contributed by atoms with Crippen molar-refractivity contribution in [1.29, 1.82) is 0 Å². The summed E-state index contributed by atoms with van der Waals surface area (Å²) in [5, 5.41) is 3.16. The van der Waals surface area contributed by atoms with Crippen molar-refractivity contribution in [1.82, 2.24) is 9.69 Å². The highest BCUT2D eigenvalue weighted by atomic mass is 32.1. The summed E-state index contributed by atoms with van der Waals surface area (Å²) in [6.07, 6.45) is 4.51. The quantitative estimate of drug-likeness (QED) is 0.391. The van der Waals surface area contributed by atoms with Crippen LogP contribution < -0.4 is 26.4 Å². The maximum absolute atomic E-state index is 14.2. The highest BCUT2D eigenvalue weighted by molar-refractivity contribution is 7.09. The number of nitrogens with two attached hydrogens (primary N) is 2. The number of anilines is 2. The lowest BCUT2D eigenvalue weighted by molar-refractivity contribution is -0.123. The van der Waals surface area contributed by atoms with Crippen LogP contribution in [0.2, 0.25) is 0 Å². The van der Waals surface area contributed by atoms with E-state index in [0.29, 0.717) is 23.4 Å². The number of carbonyl (C=O) groups excluding carboxylic acids is 3. The first-order chi connectivity index (χ1) is 17.8. The van der Waals surface area contributed by atoms with Crippen LogP contribution in [-0.2, 0) is 11.2 Å². The van der Waals surface area contributed by atoms with Gasteiger partial charge in [-0.1, -0.05) is 50.1 Å². The molecule has 1 atom stereocenters. The number of amides is 3. The van der Waals surface area contributed by atoms with Crippen LogP contribution >= 0.6 is 11.5 Å². The smallest absolute Gasteiger partial charge is 0.273 e. The Morgan fingerprint density at radius 3 is 2.41 bits per heavy atom. The van der Waals surface area contributed by atoms with Gasteiger partial charge in [0, 0.05) is 11.7 Å². The van der Waals surface area contributed by atoms with E-state index in [9.17, 15) is 14.4 Å². The molecule has 2 aromatic carbocycles. The van der Waals surface area contributed by atoms with Gasteiger partial charge in [-0.15, -0.1) is 0 Å². The summed E-state index contributed by atoms with van der Waals surface area (Å²) < 4.78 is 9.32. The van der Waals surface area contributed by atoms with Crippen molar-refractivity contribution in [2.45, 2.75) is 51.1 Å². The number of aryl methyl sites for hydroxylation is 1. The molecule has 0 spiro atoms. The molecule has 37 heavy (non-hydrogen) atoms. The number of nitrogen functional groups attached to an aromatic ring is 1. The van der Waals surface area contributed by atoms with Crippen LogP contribution in [0.15, 0.2) is 48.5 Å². The number of nitrogens with zero attached hydrogens (tertiary/aromatic N) is 2. The number of carbonyl (C=O) groups is 3. The van der Waals surface area contributed by atoms with Crippen LogP contribution in [0.4, 0.5) is 11.4 Å². The lowest BCUT2D eigenvalue weighted by Crippen LogP contribution is -2.46. The summed E-state index contributed by atoms with van der Waals surface area (Å²) in [5.41, 5.74) is 13.4. The van der Waals surface area contributed by atoms with Crippen LogP contribution in [0.3, 0.4) is 0 Å². The predicted octanol–water partition coefficient (Wildman–Crippen LogP) is 3.84. The molecule has 1 aliphatic carbocycles. The first-order valence-corrected chi connectivity index (χ1v) is 13.0. The molecule has 1 aliphatic rings. The average Bonchev–Trinajstić information content (AvgIpc) is 3.56. The van der Waals surface area contributed by atoms with Crippen LogP contribution in [0, 0.1) is 0 Å². The van der Waals surface area contributed by atoms with Gasteiger partial charge in [0.25, 0.3) is 11.8 Å². The molecule has 4 rings (SSSR count). The molecular formula is C27H31N5O4S. The monoisotopic (exact) mass is 521 g/mol. The molecule has 0 radical (unpaired) electrons. The third-order valence-electron chi connectivity index (χ3n) is 6.65. The van der Waals surface area contributed by atoms with E-state index in [-0.39, 0.29) is 28.2 Å². The molecule has 0 aliphatic heterocycles. The SMILES string of the molecule is CCc1ccccc1N(C(=O)c1snc(C(N)=O)c1N)[C@H](C(=O)NC1CCCC1)c1ccc(OC)cc1. The van der Waals surface area contributed by atoms with Gasteiger partial charge in [0.1, 0.15) is 16.7 Å². The highest BCUT2D eigenvalue weighted by Crippen LogP contribution is 2.36. The Bertz CT molecular complexity index is 1280. The van der Waals surface area contributed by atoms with Crippen molar-refractivity contribution < 1.29 is 19.1 Å². The van der Waals surface area contributed by atoms with Crippen molar-refractivity contribution in [3.63, 3.8) is 0 Å². The molecule has 1 heterocycles. The Morgan fingerprint density at radius 2 is 1.81 bits per heavy atom. The fourth-order valence-corrected chi connectivity index (χ4v) is 5.45. The van der Waals surface area contributed by atoms with Gasteiger partial charge in [-0.2, -0.15) is 4.37 Å². The molecular weight excluding hydrogens is 490 g/mol. The minimum absolute atomic E-state index is 0.0431. The number of para-hydroxylation sites is 1. The van der Waals surface area contributed by atoms with Gasteiger partial charge in [-0.3, -0.25) is 19.3 Å². The van der Waals surface area contributed by atoms with Crippen molar-refractivity contribution >= 4 is 40.6 Å². The zero-order chi connectivity index (χ0) is 26.5. The van der Waals surface area contributed by atoms with Crippen LogP contribution in [0.5, 0.6) is 5.75 Å². The zero-order valence-electron chi connectivity index (χ0n) is 20.9. The number of benzene rings is 2. The van der Waals surface area contributed by atoms with Crippen molar-refractivity contribution in [2.24, 2.45) is 5.73 Å². The molecule has 0 saturated heterocycles. The summed E-state index contributed by atoms with van der Waals surface area (Å²) in [4.78, 5) is 41.5. The second-order valence-electron chi connectivity index (χ2n) is 8.96. The molecule has 0 unspecified atom stereocenters. The molecule has 3 aromatic rings. The fraction of sp³-hybridized carbons (Fsp3) is 0.333. The summed E-state index contributed by atoms with van der Waals surface area (Å²) >= 11 is 0.794.